The predicted molar refractivity (Wildman–Crippen MR) is 182 cm³/mol. The van der Waals surface area contributed by atoms with E-state index in [9.17, 15) is 24.3 Å². The molecule has 3 aromatic rings. The molecule has 0 aliphatic rings. The molecule has 9 nitrogen and oxygen atoms in total. The van der Waals surface area contributed by atoms with Gasteiger partial charge in [-0.25, -0.2) is 0 Å². The minimum Gasteiger partial charge on any atom is -0.381 e. The monoisotopic (exact) mass is 668 g/mol. The van der Waals surface area contributed by atoms with E-state index in [1.807, 2.05) is 41.8 Å². The molecule has 46 heavy (non-hydrogen) atoms. The van der Waals surface area contributed by atoms with Crippen LogP contribution >= 0.6 is 22.9 Å². The third kappa shape index (κ3) is 12.2. The molecule has 4 amide bonds. The maximum absolute atomic E-state index is 13.7. The van der Waals surface area contributed by atoms with Gasteiger partial charge in [0.1, 0.15) is 12.1 Å². The Balaban J connectivity index is 1.71. The molecular weight excluding hydrogens is 624 g/mol. The number of nitrogens with one attached hydrogen (secondary N) is 4. The van der Waals surface area contributed by atoms with E-state index in [0.717, 1.165) is 24.0 Å². The fraction of sp³-hybridized carbons (Fsp3) is 0.429. The number of aryl methyl sites for hydroxylation is 1. The van der Waals surface area contributed by atoms with Crippen LogP contribution in [0.25, 0.3) is 0 Å². The number of benzene rings is 2. The highest BCUT2D eigenvalue weighted by molar-refractivity contribution is 7.09. The van der Waals surface area contributed by atoms with E-state index in [4.69, 9.17) is 11.6 Å². The van der Waals surface area contributed by atoms with Crippen LogP contribution in [0.1, 0.15) is 56.0 Å². The van der Waals surface area contributed by atoms with Crippen LogP contribution in [-0.2, 0) is 38.4 Å². The van der Waals surface area contributed by atoms with Gasteiger partial charge in [-0.05, 0) is 73.2 Å². The molecule has 1 unspecified atom stereocenters. The molecule has 0 spiro atoms. The van der Waals surface area contributed by atoms with E-state index < -0.39 is 42.0 Å². The van der Waals surface area contributed by atoms with Crippen molar-refractivity contribution in [3.63, 3.8) is 0 Å². The van der Waals surface area contributed by atoms with Gasteiger partial charge in [-0.2, -0.15) is 0 Å². The van der Waals surface area contributed by atoms with Crippen molar-refractivity contribution in [2.75, 3.05) is 6.54 Å². The van der Waals surface area contributed by atoms with Crippen LogP contribution in [-0.4, -0.2) is 59.5 Å². The highest BCUT2D eigenvalue weighted by Gasteiger charge is 2.33. The van der Waals surface area contributed by atoms with Gasteiger partial charge in [-0.15, -0.1) is 11.3 Å². The third-order valence-electron chi connectivity index (χ3n) is 7.54. The van der Waals surface area contributed by atoms with Crippen molar-refractivity contribution in [2.45, 2.75) is 83.5 Å². The normalized spacial score (nSPS) is 13.7. The molecular formula is C35H45ClN4O5S. The van der Waals surface area contributed by atoms with E-state index in [1.54, 1.807) is 56.4 Å². The average molecular weight is 669 g/mol. The second kappa shape index (κ2) is 19.1. The molecule has 0 saturated heterocycles. The van der Waals surface area contributed by atoms with Crippen molar-refractivity contribution < 1.29 is 24.3 Å². The van der Waals surface area contributed by atoms with Crippen molar-refractivity contribution in [1.82, 2.24) is 21.3 Å². The number of aliphatic hydroxyl groups is 1. The molecule has 248 valence electrons. The zero-order valence-electron chi connectivity index (χ0n) is 26.6. The smallest absolute Gasteiger partial charge is 0.250 e. The Labute approximate surface area is 280 Å². The molecule has 0 saturated carbocycles. The molecule has 1 aromatic heterocycles. The number of amides is 4. The lowest BCUT2D eigenvalue weighted by molar-refractivity contribution is -0.135. The fourth-order valence-electron chi connectivity index (χ4n) is 5.00. The van der Waals surface area contributed by atoms with E-state index in [0.29, 0.717) is 18.0 Å². The zero-order valence-corrected chi connectivity index (χ0v) is 28.2. The van der Waals surface area contributed by atoms with Gasteiger partial charge in [0.05, 0.1) is 6.04 Å². The highest BCUT2D eigenvalue weighted by Crippen LogP contribution is 2.15. The Morgan fingerprint density at radius 3 is 2.13 bits per heavy atom. The second-order valence-corrected chi connectivity index (χ2v) is 13.1. The largest absolute Gasteiger partial charge is 0.381 e. The molecule has 4 atom stereocenters. The first-order chi connectivity index (χ1) is 22.1. The Morgan fingerprint density at radius 2 is 1.50 bits per heavy atom. The van der Waals surface area contributed by atoms with E-state index >= 15 is 0 Å². The van der Waals surface area contributed by atoms with Crippen molar-refractivity contribution in [3.05, 3.63) is 93.1 Å². The summed E-state index contributed by atoms with van der Waals surface area (Å²) in [5, 5.41) is 24.6. The number of carbonyl (C=O) groups excluding carboxylic acids is 4. The summed E-state index contributed by atoms with van der Waals surface area (Å²) >= 11 is 7.71. The Hall–Kier alpha value is -3.73. The standard InChI is InChI=1S/C35H45ClN4O5S/c1-4-37-35(45)32(42)28(21-25-16-18-26(36)19-17-25)39-34(44)31(23(2)3)40-33(43)29(22-24-11-6-5-7-12-24)38-30(41)15-9-8-13-27-14-10-20-46-27/h5-7,10-12,14,16-20,23,28-29,31-32,42H,4,8-9,13,15,21-22H2,1-3H3,(H,37,45)(H,38,41)(H,39,44)(H,40,43)/t28-,29-,31-,32?/m0/s1. The predicted octanol–water partition coefficient (Wildman–Crippen LogP) is 4.21. The Kier molecular flexibility index (Phi) is 15.2. The van der Waals surface area contributed by atoms with Gasteiger partial charge in [-0.1, -0.05) is 74.0 Å². The van der Waals surface area contributed by atoms with Gasteiger partial charge in [-0.3, -0.25) is 19.2 Å². The molecule has 0 aliphatic heterocycles. The minimum atomic E-state index is -1.53. The van der Waals surface area contributed by atoms with Crippen molar-refractivity contribution in [3.8, 4) is 0 Å². The second-order valence-electron chi connectivity index (χ2n) is 11.6. The van der Waals surface area contributed by atoms with E-state index in [-0.39, 0.29) is 31.1 Å². The van der Waals surface area contributed by atoms with Gasteiger partial charge in [0.25, 0.3) is 5.91 Å². The maximum atomic E-state index is 13.7. The lowest BCUT2D eigenvalue weighted by atomic mass is 9.97. The van der Waals surface area contributed by atoms with Crippen molar-refractivity contribution in [2.24, 2.45) is 5.92 Å². The molecule has 5 N–H and O–H groups in total. The summed E-state index contributed by atoms with van der Waals surface area (Å²) in [5.41, 5.74) is 1.61. The van der Waals surface area contributed by atoms with Crippen LogP contribution < -0.4 is 21.3 Å². The number of hydrogen-bond acceptors (Lipinski definition) is 6. The van der Waals surface area contributed by atoms with Crippen LogP contribution in [0, 0.1) is 5.92 Å². The molecule has 0 fully saturated rings. The van der Waals surface area contributed by atoms with E-state index in [1.165, 1.54) is 4.88 Å². The summed E-state index contributed by atoms with van der Waals surface area (Å²) in [7, 11) is 0. The SMILES string of the molecule is CCNC(=O)C(O)[C@H](Cc1ccc(Cl)cc1)NC(=O)[C@@H](NC(=O)[C@H](Cc1ccccc1)NC(=O)CCCCc1cccs1)C(C)C. The maximum Gasteiger partial charge on any atom is 0.250 e. The van der Waals surface area contributed by atoms with Gasteiger partial charge < -0.3 is 26.4 Å². The van der Waals surface area contributed by atoms with Gasteiger partial charge in [0.15, 0.2) is 6.10 Å². The fourth-order valence-corrected chi connectivity index (χ4v) is 5.88. The van der Waals surface area contributed by atoms with E-state index in [2.05, 4.69) is 27.3 Å². The first-order valence-corrected chi connectivity index (χ1v) is 17.0. The first kappa shape index (κ1) is 36.7. The van der Waals surface area contributed by atoms with Crippen LogP contribution in [0.4, 0.5) is 0 Å². The number of carbonyl (C=O) groups is 4. The number of rotatable bonds is 18. The van der Waals surface area contributed by atoms with Gasteiger partial charge >= 0.3 is 0 Å². The number of thiophene rings is 1. The topological polar surface area (TPSA) is 137 Å². The molecule has 0 aliphatic carbocycles. The lowest BCUT2D eigenvalue weighted by Crippen LogP contribution is -2.59. The zero-order chi connectivity index (χ0) is 33.5. The summed E-state index contributed by atoms with van der Waals surface area (Å²) in [5.74, 6) is -2.24. The molecule has 0 bridgehead atoms. The summed E-state index contributed by atoms with van der Waals surface area (Å²) in [4.78, 5) is 54.1. The molecule has 0 radical (unpaired) electrons. The summed E-state index contributed by atoms with van der Waals surface area (Å²) in [6, 6.07) is 17.5. The number of unbranched alkanes of at least 4 members (excludes halogenated alkanes) is 1. The Morgan fingerprint density at radius 1 is 0.804 bits per heavy atom. The number of likely N-dealkylation sites (N-methyl/N-ethyl adjacent to an activating group) is 1. The van der Waals surface area contributed by atoms with Crippen LogP contribution in [0.2, 0.25) is 5.02 Å². The van der Waals surface area contributed by atoms with Crippen LogP contribution in [0.15, 0.2) is 72.1 Å². The first-order valence-electron chi connectivity index (χ1n) is 15.7. The molecule has 1 heterocycles. The van der Waals surface area contributed by atoms with Crippen LogP contribution in [0.3, 0.4) is 0 Å². The Bertz CT molecular complexity index is 1390. The molecule has 3 rings (SSSR count). The number of aliphatic hydroxyl groups excluding tert-OH is 1. The van der Waals surface area contributed by atoms with Gasteiger partial charge in [0.2, 0.25) is 17.7 Å². The lowest BCUT2D eigenvalue weighted by Gasteiger charge is -2.29. The van der Waals surface area contributed by atoms with Crippen molar-refractivity contribution in [1.29, 1.82) is 0 Å². The summed E-state index contributed by atoms with van der Waals surface area (Å²) in [6.07, 6.45) is 1.59. The minimum absolute atomic E-state index is 0.152. The molecule has 11 heteroatoms. The summed E-state index contributed by atoms with van der Waals surface area (Å²) < 4.78 is 0. The average Bonchev–Trinajstić information content (AvgIpc) is 3.56. The summed E-state index contributed by atoms with van der Waals surface area (Å²) in [6.45, 7) is 5.62. The molecule has 2 aromatic carbocycles. The van der Waals surface area contributed by atoms with Crippen molar-refractivity contribution >= 4 is 46.6 Å². The van der Waals surface area contributed by atoms with Gasteiger partial charge in [0, 0.05) is 29.3 Å². The van der Waals surface area contributed by atoms with Crippen LogP contribution in [0.5, 0.6) is 0 Å². The number of hydrogen-bond donors (Lipinski definition) is 5. The third-order valence-corrected chi connectivity index (χ3v) is 8.72. The quantitative estimate of drug-likeness (QED) is 0.129. The highest BCUT2D eigenvalue weighted by atomic mass is 35.5. The number of halogens is 1.